The number of nitrogens with zero attached hydrogens (tertiary/aromatic N) is 2. The lowest BCUT2D eigenvalue weighted by atomic mass is 9.96. The Balaban J connectivity index is 2.03. The number of hydrogen-bond donors (Lipinski definition) is 1. The van der Waals surface area contributed by atoms with Crippen LogP contribution in [0, 0.1) is 12.8 Å². The van der Waals surface area contributed by atoms with Gasteiger partial charge in [0, 0.05) is 25.6 Å². The van der Waals surface area contributed by atoms with Gasteiger partial charge in [-0.05, 0) is 25.7 Å². The van der Waals surface area contributed by atoms with Crippen LogP contribution in [0.1, 0.15) is 30.7 Å². The van der Waals surface area contributed by atoms with E-state index in [2.05, 4.69) is 5.16 Å². The largest absolute Gasteiger partial charge is 0.481 e. The Morgan fingerprint density at radius 2 is 2.35 bits per heavy atom. The average molecular weight is 302 g/mol. The van der Waals surface area contributed by atoms with Gasteiger partial charge in [0.2, 0.25) is 10.0 Å². The van der Waals surface area contributed by atoms with Gasteiger partial charge in [-0.3, -0.25) is 4.79 Å². The number of aromatic nitrogens is 1. The van der Waals surface area contributed by atoms with Crippen molar-refractivity contribution in [2.75, 3.05) is 13.1 Å². The first-order valence-electron chi connectivity index (χ1n) is 6.48. The smallest absolute Gasteiger partial charge is 0.303 e. The Labute approximate surface area is 117 Å². The molecule has 7 nitrogen and oxygen atoms in total. The van der Waals surface area contributed by atoms with Crippen molar-refractivity contribution in [2.24, 2.45) is 5.92 Å². The standard InChI is InChI=1S/C12H18N2O5S/c1-9-5-11(13-19-9)8-20(17,18)14-4-2-3-10(7-14)6-12(15)16/h5,10H,2-4,6-8H2,1H3,(H,15,16). The van der Waals surface area contributed by atoms with Crippen molar-refractivity contribution < 1.29 is 22.8 Å². The molecular weight excluding hydrogens is 284 g/mol. The van der Waals surface area contributed by atoms with Gasteiger partial charge in [-0.2, -0.15) is 0 Å². The summed E-state index contributed by atoms with van der Waals surface area (Å²) in [4.78, 5) is 10.7. The maximum Gasteiger partial charge on any atom is 0.303 e. The van der Waals surface area contributed by atoms with E-state index in [1.807, 2.05) is 0 Å². The van der Waals surface area contributed by atoms with Crippen molar-refractivity contribution in [2.45, 2.75) is 31.9 Å². The summed E-state index contributed by atoms with van der Waals surface area (Å²) < 4.78 is 30.8. The molecule has 0 saturated carbocycles. The number of carboxylic acid groups (broad SMARTS) is 1. The molecule has 1 N–H and O–H groups in total. The summed E-state index contributed by atoms with van der Waals surface area (Å²) in [7, 11) is -3.47. The van der Waals surface area contributed by atoms with Crippen molar-refractivity contribution in [3.8, 4) is 0 Å². The van der Waals surface area contributed by atoms with E-state index >= 15 is 0 Å². The van der Waals surface area contributed by atoms with E-state index in [-0.39, 0.29) is 24.6 Å². The lowest BCUT2D eigenvalue weighted by Crippen LogP contribution is -2.41. The highest BCUT2D eigenvalue weighted by Gasteiger charge is 2.30. The Morgan fingerprint density at radius 3 is 2.95 bits per heavy atom. The first-order chi connectivity index (χ1) is 9.37. The molecular formula is C12H18N2O5S. The highest BCUT2D eigenvalue weighted by atomic mass is 32.2. The molecule has 0 bridgehead atoms. The SMILES string of the molecule is Cc1cc(CS(=O)(=O)N2CCCC(CC(=O)O)C2)no1. The summed E-state index contributed by atoms with van der Waals surface area (Å²) in [6, 6.07) is 1.59. The van der Waals surface area contributed by atoms with Crippen LogP contribution in [0.3, 0.4) is 0 Å². The molecule has 0 aliphatic carbocycles. The molecule has 1 aliphatic heterocycles. The minimum atomic E-state index is -3.47. The van der Waals surface area contributed by atoms with Gasteiger partial charge >= 0.3 is 5.97 Å². The minimum absolute atomic E-state index is 0.00902. The van der Waals surface area contributed by atoms with Gasteiger partial charge in [0.25, 0.3) is 0 Å². The van der Waals surface area contributed by atoms with Crippen LogP contribution in [0.25, 0.3) is 0 Å². The van der Waals surface area contributed by atoms with Crippen LogP contribution in [0.5, 0.6) is 0 Å². The van der Waals surface area contributed by atoms with Crippen LogP contribution >= 0.6 is 0 Å². The second kappa shape index (κ2) is 5.92. The van der Waals surface area contributed by atoms with Crippen molar-refractivity contribution in [1.29, 1.82) is 0 Å². The number of carboxylic acids is 1. The Morgan fingerprint density at radius 1 is 1.60 bits per heavy atom. The van der Waals surface area contributed by atoms with Gasteiger partial charge in [-0.25, -0.2) is 12.7 Å². The lowest BCUT2D eigenvalue weighted by molar-refractivity contribution is -0.138. The van der Waals surface area contributed by atoms with Crippen molar-refractivity contribution >= 4 is 16.0 Å². The summed E-state index contributed by atoms with van der Waals surface area (Å²) in [6.07, 6.45) is 1.45. The topological polar surface area (TPSA) is 101 Å². The molecule has 0 spiro atoms. The summed E-state index contributed by atoms with van der Waals surface area (Å²) in [5.74, 6) is -0.640. The highest BCUT2D eigenvalue weighted by molar-refractivity contribution is 7.88. The van der Waals surface area contributed by atoms with Gasteiger partial charge in [0.1, 0.15) is 17.2 Å². The number of piperidine rings is 1. The third-order valence-corrected chi connectivity index (χ3v) is 5.12. The van der Waals surface area contributed by atoms with Crippen LogP contribution in [-0.2, 0) is 20.6 Å². The molecule has 8 heteroatoms. The molecule has 1 saturated heterocycles. The fourth-order valence-electron chi connectivity index (χ4n) is 2.46. The minimum Gasteiger partial charge on any atom is -0.481 e. The normalized spacial score (nSPS) is 20.9. The van der Waals surface area contributed by atoms with Gasteiger partial charge in [-0.1, -0.05) is 5.16 Å². The zero-order chi connectivity index (χ0) is 14.8. The maximum atomic E-state index is 12.3. The molecule has 1 unspecified atom stereocenters. The van der Waals surface area contributed by atoms with E-state index < -0.39 is 16.0 Å². The van der Waals surface area contributed by atoms with Crippen LogP contribution in [0.4, 0.5) is 0 Å². The lowest BCUT2D eigenvalue weighted by Gasteiger charge is -2.30. The molecule has 112 valence electrons. The monoisotopic (exact) mass is 302 g/mol. The van der Waals surface area contributed by atoms with Gasteiger partial charge in [0.05, 0.1) is 0 Å². The molecule has 2 heterocycles. The quantitative estimate of drug-likeness (QED) is 0.870. The first-order valence-corrected chi connectivity index (χ1v) is 8.09. The number of sulfonamides is 1. The second-order valence-corrected chi connectivity index (χ2v) is 7.12. The Hall–Kier alpha value is -1.41. The van der Waals surface area contributed by atoms with Gasteiger partial charge < -0.3 is 9.63 Å². The zero-order valence-electron chi connectivity index (χ0n) is 11.3. The molecule has 1 fully saturated rings. The zero-order valence-corrected chi connectivity index (χ0v) is 12.1. The summed E-state index contributed by atoms with van der Waals surface area (Å²) in [5.41, 5.74) is 0.378. The fraction of sp³-hybridized carbons (Fsp3) is 0.667. The van der Waals surface area contributed by atoms with E-state index in [1.54, 1.807) is 13.0 Å². The number of carbonyl (C=O) groups is 1. The van der Waals surface area contributed by atoms with E-state index in [1.165, 1.54) is 4.31 Å². The fourth-order valence-corrected chi connectivity index (χ4v) is 3.99. The van der Waals surface area contributed by atoms with E-state index in [9.17, 15) is 13.2 Å². The number of aryl methyl sites for hydroxylation is 1. The number of aliphatic carboxylic acids is 1. The molecule has 2 rings (SSSR count). The van der Waals surface area contributed by atoms with Crippen LogP contribution < -0.4 is 0 Å². The average Bonchev–Trinajstić information content (AvgIpc) is 2.73. The van der Waals surface area contributed by atoms with E-state index in [0.717, 1.165) is 6.42 Å². The predicted molar refractivity (Wildman–Crippen MR) is 70.4 cm³/mol. The van der Waals surface area contributed by atoms with Crippen LogP contribution in [-0.4, -0.2) is 42.0 Å². The molecule has 0 radical (unpaired) electrons. The second-order valence-electron chi connectivity index (χ2n) is 5.15. The molecule has 20 heavy (non-hydrogen) atoms. The van der Waals surface area contributed by atoms with Crippen molar-refractivity contribution in [1.82, 2.24) is 9.46 Å². The maximum absolute atomic E-state index is 12.3. The molecule has 1 aromatic heterocycles. The predicted octanol–water partition coefficient (Wildman–Crippen LogP) is 1.000. The molecule has 0 amide bonds. The van der Waals surface area contributed by atoms with Gasteiger partial charge in [-0.15, -0.1) is 0 Å². The summed E-state index contributed by atoms with van der Waals surface area (Å²) >= 11 is 0. The Kier molecular flexibility index (Phi) is 4.44. The molecule has 1 aromatic rings. The molecule has 1 atom stereocenters. The van der Waals surface area contributed by atoms with E-state index in [4.69, 9.17) is 9.63 Å². The van der Waals surface area contributed by atoms with E-state index in [0.29, 0.717) is 24.4 Å². The summed E-state index contributed by atoms with van der Waals surface area (Å²) in [5, 5.41) is 12.5. The molecule has 1 aliphatic rings. The number of hydrogen-bond acceptors (Lipinski definition) is 5. The van der Waals surface area contributed by atoms with Crippen molar-refractivity contribution in [3.05, 3.63) is 17.5 Å². The van der Waals surface area contributed by atoms with Gasteiger partial charge in [0.15, 0.2) is 0 Å². The number of rotatable bonds is 5. The molecule has 0 aromatic carbocycles. The highest BCUT2D eigenvalue weighted by Crippen LogP contribution is 2.23. The summed E-state index contributed by atoms with van der Waals surface area (Å²) in [6.45, 7) is 2.41. The third kappa shape index (κ3) is 3.80. The Bertz CT molecular complexity index is 580. The van der Waals surface area contributed by atoms with Crippen LogP contribution in [0.2, 0.25) is 0 Å². The first kappa shape index (κ1) is 15.0. The van der Waals surface area contributed by atoms with Crippen molar-refractivity contribution in [3.63, 3.8) is 0 Å². The van der Waals surface area contributed by atoms with Crippen LogP contribution in [0.15, 0.2) is 10.6 Å². The third-order valence-electron chi connectivity index (χ3n) is 3.35.